The van der Waals surface area contributed by atoms with Gasteiger partial charge in [-0.25, -0.2) is 0 Å². The summed E-state index contributed by atoms with van der Waals surface area (Å²) >= 11 is 2.26. The summed E-state index contributed by atoms with van der Waals surface area (Å²) in [5, 5.41) is 0.424. The third-order valence-corrected chi connectivity index (χ3v) is 15.4. The van der Waals surface area contributed by atoms with Gasteiger partial charge in [0.05, 0.1) is 12.2 Å². The summed E-state index contributed by atoms with van der Waals surface area (Å²) in [6.07, 6.45) is 8.08. The second kappa shape index (κ2) is 11.5. The Morgan fingerprint density at radius 2 is 1.32 bits per heavy atom. The summed E-state index contributed by atoms with van der Waals surface area (Å²) < 4.78 is 15.0. The first-order valence-corrected chi connectivity index (χ1v) is 17.4. The fourth-order valence-electron chi connectivity index (χ4n) is 1.97. The Morgan fingerprint density at radius 1 is 0.857 bits per heavy atom. The van der Waals surface area contributed by atoms with E-state index in [4.69, 9.17) is 8.85 Å². The molecule has 0 aromatic heterocycles. The van der Waals surface area contributed by atoms with E-state index in [0.717, 1.165) is 12.8 Å². The van der Waals surface area contributed by atoms with Crippen LogP contribution in [0.25, 0.3) is 0 Å². The predicted molar refractivity (Wildman–Crippen MR) is 139 cm³/mol. The van der Waals surface area contributed by atoms with Gasteiger partial charge >= 0.3 is 0 Å². The molecule has 0 amide bonds. The van der Waals surface area contributed by atoms with Gasteiger partial charge in [-0.3, -0.25) is 0 Å². The van der Waals surface area contributed by atoms with E-state index < -0.39 is 16.6 Å². The van der Waals surface area contributed by atoms with Crippen molar-refractivity contribution in [3.05, 3.63) is 22.3 Å². The lowest BCUT2D eigenvalue weighted by Gasteiger charge is -2.38. The number of rotatable bonds is 8. The van der Waals surface area contributed by atoms with Crippen molar-refractivity contribution < 1.29 is 8.85 Å². The Kier molecular flexibility index (Phi) is 11.5. The van der Waals surface area contributed by atoms with Crippen LogP contribution in [-0.2, 0) is 8.85 Å². The van der Waals surface area contributed by atoms with E-state index in [9.17, 15) is 0 Å². The Hall–Kier alpha value is 0.124. The van der Waals surface area contributed by atoms with Crippen molar-refractivity contribution in [1.82, 2.24) is 0 Å². The zero-order valence-corrected chi connectivity index (χ0v) is 24.2. The normalized spacial score (nSPS) is 16.3. The highest BCUT2D eigenvalue weighted by Gasteiger charge is 2.39. The molecule has 28 heavy (non-hydrogen) atoms. The maximum atomic E-state index is 6.50. The van der Waals surface area contributed by atoms with Gasteiger partial charge in [0.1, 0.15) is 0 Å². The van der Waals surface area contributed by atoms with Gasteiger partial charge < -0.3 is 8.85 Å². The lowest BCUT2D eigenvalue weighted by atomic mass is 10.2. The standard InChI is InChI=1S/C23H43IO2Si2/c1-12-20(25-27(8,9)22(2,3)4)16-14-13-15-17-21(18-19-24)26-28(10,11)23(5,6)7/h14,16,18-21H,12,17H2,1-11H3/b16-14+,19-18+/t20-,21+/m0/s1. The summed E-state index contributed by atoms with van der Waals surface area (Å²) in [5.41, 5.74) is 0. The average Bonchev–Trinajstić information content (AvgIpc) is 2.50. The van der Waals surface area contributed by atoms with Crippen molar-refractivity contribution in [1.29, 1.82) is 0 Å². The molecule has 0 radical (unpaired) electrons. The smallest absolute Gasteiger partial charge is 0.192 e. The highest BCUT2D eigenvalue weighted by Crippen LogP contribution is 2.38. The van der Waals surface area contributed by atoms with Crippen LogP contribution >= 0.6 is 22.6 Å². The zero-order chi connectivity index (χ0) is 22.2. The highest BCUT2D eigenvalue weighted by atomic mass is 127. The third-order valence-electron chi connectivity index (χ3n) is 5.99. The van der Waals surface area contributed by atoms with Crippen molar-refractivity contribution in [2.45, 2.75) is 110 Å². The number of hydrogen-bond donors (Lipinski definition) is 0. The van der Waals surface area contributed by atoms with E-state index >= 15 is 0 Å². The van der Waals surface area contributed by atoms with Gasteiger partial charge in [0.2, 0.25) is 0 Å². The summed E-state index contributed by atoms with van der Waals surface area (Å²) in [6.45, 7) is 25.0. The van der Waals surface area contributed by atoms with Crippen LogP contribution in [0.5, 0.6) is 0 Å². The molecule has 0 bridgehead atoms. The molecule has 0 unspecified atom stereocenters. The Labute approximate surface area is 191 Å². The van der Waals surface area contributed by atoms with Crippen molar-refractivity contribution in [2.75, 3.05) is 0 Å². The van der Waals surface area contributed by atoms with Crippen LogP contribution in [0, 0.1) is 11.8 Å². The van der Waals surface area contributed by atoms with E-state index in [1.165, 1.54) is 0 Å². The van der Waals surface area contributed by atoms with Crippen molar-refractivity contribution in [3.8, 4) is 11.8 Å². The summed E-state index contributed by atoms with van der Waals surface area (Å²) in [6, 6.07) is 0. The number of halogens is 1. The first-order valence-electron chi connectivity index (χ1n) is 10.3. The molecule has 2 atom stereocenters. The molecular weight excluding hydrogens is 491 g/mol. The molecular formula is C23H43IO2Si2. The van der Waals surface area contributed by atoms with Crippen LogP contribution in [0.4, 0.5) is 0 Å². The molecule has 0 spiro atoms. The SMILES string of the molecule is CC[C@@H](/C=C/C#CC[C@H](/C=C/I)O[Si](C)(C)C(C)(C)C)O[Si](C)(C)C(C)(C)C. The number of allylic oxidation sites excluding steroid dienone is 1. The second-order valence-electron chi connectivity index (χ2n) is 10.4. The zero-order valence-electron chi connectivity index (χ0n) is 20.1. The highest BCUT2D eigenvalue weighted by molar-refractivity contribution is 14.1. The molecule has 0 aliphatic carbocycles. The Morgan fingerprint density at radius 3 is 1.71 bits per heavy atom. The molecule has 0 rings (SSSR count). The lowest BCUT2D eigenvalue weighted by Crippen LogP contribution is -2.43. The molecule has 162 valence electrons. The molecule has 0 saturated heterocycles. The van der Waals surface area contributed by atoms with E-state index in [0.29, 0.717) is 0 Å². The van der Waals surface area contributed by atoms with E-state index in [1.807, 2.05) is 10.2 Å². The van der Waals surface area contributed by atoms with Gasteiger partial charge in [0, 0.05) is 6.42 Å². The van der Waals surface area contributed by atoms with E-state index in [1.54, 1.807) is 0 Å². The van der Waals surface area contributed by atoms with Crippen LogP contribution in [-0.4, -0.2) is 28.8 Å². The first kappa shape index (κ1) is 28.1. The van der Waals surface area contributed by atoms with Gasteiger partial charge in [-0.1, -0.05) is 89.0 Å². The van der Waals surface area contributed by atoms with Gasteiger partial charge in [0.15, 0.2) is 16.6 Å². The lowest BCUT2D eigenvalue weighted by molar-refractivity contribution is 0.221. The molecule has 0 saturated carbocycles. The molecule has 0 aliphatic heterocycles. The molecule has 0 N–H and O–H groups in total. The monoisotopic (exact) mass is 534 g/mol. The molecule has 2 nitrogen and oxygen atoms in total. The van der Waals surface area contributed by atoms with Crippen molar-refractivity contribution >= 4 is 39.2 Å². The van der Waals surface area contributed by atoms with Gasteiger partial charge in [-0.2, -0.15) is 0 Å². The van der Waals surface area contributed by atoms with Gasteiger partial charge in [-0.15, -0.1) is 0 Å². The third kappa shape index (κ3) is 9.75. The van der Waals surface area contributed by atoms with Crippen molar-refractivity contribution in [3.63, 3.8) is 0 Å². The topological polar surface area (TPSA) is 18.5 Å². The van der Waals surface area contributed by atoms with Crippen LogP contribution in [0.1, 0.15) is 61.3 Å². The Balaban J connectivity index is 4.97. The van der Waals surface area contributed by atoms with Gasteiger partial charge in [-0.05, 0) is 58.9 Å². The van der Waals surface area contributed by atoms with Crippen LogP contribution < -0.4 is 0 Å². The molecule has 0 fully saturated rings. The molecule has 0 heterocycles. The second-order valence-corrected chi connectivity index (χ2v) is 20.7. The summed E-state index contributed by atoms with van der Waals surface area (Å²) in [5.74, 6) is 6.47. The number of hydrogen-bond acceptors (Lipinski definition) is 2. The summed E-state index contributed by atoms with van der Waals surface area (Å²) in [4.78, 5) is 0. The predicted octanol–water partition coefficient (Wildman–Crippen LogP) is 8.08. The minimum atomic E-state index is -1.80. The maximum Gasteiger partial charge on any atom is 0.192 e. The van der Waals surface area contributed by atoms with E-state index in [2.05, 4.69) is 121 Å². The maximum absolute atomic E-state index is 6.50. The van der Waals surface area contributed by atoms with Crippen LogP contribution in [0.2, 0.25) is 36.3 Å². The first-order chi connectivity index (χ1) is 12.6. The van der Waals surface area contributed by atoms with E-state index in [-0.39, 0.29) is 22.3 Å². The van der Waals surface area contributed by atoms with Crippen LogP contribution in [0.15, 0.2) is 22.3 Å². The molecule has 0 aliphatic rings. The quantitative estimate of drug-likeness (QED) is 0.178. The molecule has 5 heteroatoms. The molecule has 0 aromatic rings. The largest absolute Gasteiger partial charge is 0.411 e. The van der Waals surface area contributed by atoms with Crippen molar-refractivity contribution in [2.24, 2.45) is 0 Å². The fourth-order valence-corrected chi connectivity index (χ4v) is 5.06. The minimum absolute atomic E-state index is 0.0594. The minimum Gasteiger partial charge on any atom is -0.411 e. The Bertz CT molecular complexity index is 584. The fraction of sp³-hybridized carbons (Fsp3) is 0.739. The van der Waals surface area contributed by atoms with Gasteiger partial charge in [0.25, 0.3) is 0 Å². The summed E-state index contributed by atoms with van der Waals surface area (Å²) in [7, 11) is -3.55. The van der Waals surface area contributed by atoms with Crippen LogP contribution in [0.3, 0.4) is 0 Å². The molecule has 0 aromatic carbocycles. The average molecular weight is 535 g/mol.